The number of benzene rings is 2. The van der Waals surface area contributed by atoms with Gasteiger partial charge in [0.25, 0.3) is 5.56 Å². The molecular formula is C22H18N2O7. The molecule has 3 aromatic rings. The van der Waals surface area contributed by atoms with Gasteiger partial charge < -0.3 is 24.1 Å². The summed E-state index contributed by atoms with van der Waals surface area (Å²) in [5.74, 6) is -0.0945. The highest BCUT2D eigenvalue weighted by Gasteiger charge is 2.62. The first-order chi connectivity index (χ1) is 15.1. The number of hydrogen-bond acceptors (Lipinski definition) is 7. The van der Waals surface area contributed by atoms with Gasteiger partial charge >= 0.3 is 5.69 Å². The lowest BCUT2D eigenvalue weighted by Gasteiger charge is -2.37. The third kappa shape index (κ3) is 2.58. The number of fused-ring (bicyclic) bond motifs is 5. The molecule has 6 rings (SSSR count). The Morgan fingerprint density at radius 1 is 0.935 bits per heavy atom. The highest BCUT2D eigenvalue weighted by Crippen LogP contribution is 2.56. The number of ether oxygens (including phenoxy) is 4. The summed E-state index contributed by atoms with van der Waals surface area (Å²) in [5.41, 5.74) is 0.230. The smallest absolute Gasteiger partial charge is 0.330 e. The molecule has 2 N–H and O–H groups in total. The first-order valence-electron chi connectivity index (χ1n) is 9.91. The van der Waals surface area contributed by atoms with Crippen molar-refractivity contribution in [1.82, 2.24) is 9.55 Å². The Labute approximate surface area is 175 Å². The molecule has 0 unspecified atom stereocenters. The Balaban J connectivity index is 1.50. The number of aliphatic hydroxyl groups excluding tert-OH is 1. The first kappa shape index (κ1) is 18.5. The minimum atomic E-state index is -1.29. The highest BCUT2D eigenvalue weighted by molar-refractivity contribution is 5.55. The van der Waals surface area contributed by atoms with Crippen molar-refractivity contribution in [3.8, 4) is 11.5 Å². The minimum Gasteiger partial charge on any atom is -0.456 e. The lowest BCUT2D eigenvalue weighted by Crippen LogP contribution is -2.38. The molecule has 3 aliphatic rings. The molecule has 2 aromatic carbocycles. The normalized spacial score (nSPS) is 27.4. The summed E-state index contributed by atoms with van der Waals surface area (Å²) < 4.78 is 26.3. The molecular weight excluding hydrogens is 404 g/mol. The minimum absolute atomic E-state index is 0.324. The van der Waals surface area contributed by atoms with Gasteiger partial charge in [-0.2, -0.15) is 0 Å². The molecule has 2 saturated heterocycles. The first-order valence-corrected chi connectivity index (χ1v) is 9.91. The van der Waals surface area contributed by atoms with Crippen LogP contribution in [0.15, 0.2) is 70.4 Å². The van der Waals surface area contributed by atoms with E-state index in [0.717, 1.165) is 0 Å². The van der Waals surface area contributed by atoms with E-state index in [4.69, 9.17) is 18.9 Å². The lowest BCUT2D eigenvalue weighted by molar-refractivity contribution is -0.207. The molecule has 2 fully saturated rings. The molecule has 9 nitrogen and oxygen atoms in total. The molecule has 0 radical (unpaired) electrons. The Morgan fingerprint density at radius 2 is 1.58 bits per heavy atom. The van der Waals surface area contributed by atoms with Gasteiger partial charge in [0.2, 0.25) is 5.79 Å². The van der Waals surface area contributed by atoms with E-state index in [0.29, 0.717) is 22.6 Å². The Morgan fingerprint density at radius 3 is 2.23 bits per heavy atom. The summed E-state index contributed by atoms with van der Waals surface area (Å²) in [4.78, 5) is 26.2. The molecule has 4 atom stereocenters. The zero-order chi connectivity index (χ0) is 21.2. The van der Waals surface area contributed by atoms with Crippen LogP contribution in [0.5, 0.6) is 11.5 Å². The van der Waals surface area contributed by atoms with E-state index in [9.17, 15) is 14.7 Å². The van der Waals surface area contributed by atoms with Gasteiger partial charge in [-0.05, 0) is 24.3 Å². The second-order valence-electron chi connectivity index (χ2n) is 7.64. The lowest BCUT2D eigenvalue weighted by atomic mass is 9.93. The number of nitrogens with one attached hydrogen (secondary N) is 1. The highest BCUT2D eigenvalue weighted by atomic mass is 16.8. The molecule has 31 heavy (non-hydrogen) atoms. The average Bonchev–Trinajstić information content (AvgIpc) is 3.31. The predicted octanol–water partition coefficient (Wildman–Crippen LogP) is 1.22. The summed E-state index contributed by atoms with van der Waals surface area (Å²) in [7, 11) is 0. The Kier molecular flexibility index (Phi) is 3.96. The number of aromatic nitrogens is 2. The molecule has 0 aliphatic carbocycles. The van der Waals surface area contributed by atoms with Crippen LogP contribution in [0.1, 0.15) is 17.4 Å². The van der Waals surface area contributed by atoms with Crippen LogP contribution in [-0.4, -0.2) is 39.6 Å². The van der Waals surface area contributed by atoms with E-state index < -0.39 is 41.6 Å². The predicted molar refractivity (Wildman–Crippen MR) is 106 cm³/mol. The average molecular weight is 422 g/mol. The quantitative estimate of drug-likeness (QED) is 0.639. The maximum atomic E-state index is 12.4. The molecule has 3 aliphatic heterocycles. The van der Waals surface area contributed by atoms with Crippen molar-refractivity contribution < 1.29 is 24.1 Å². The molecule has 4 heterocycles. The molecule has 0 amide bonds. The van der Waals surface area contributed by atoms with Crippen molar-refractivity contribution in [2.24, 2.45) is 0 Å². The van der Waals surface area contributed by atoms with Crippen molar-refractivity contribution in [1.29, 1.82) is 0 Å². The van der Waals surface area contributed by atoms with E-state index in [1.165, 1.54) is 16.8 Å². The second-order valence-corrected chi connectivity index (χ2v) is 7.64. The van der Waals surface area contributed by atoms with Crippen molar-refractivity contribution in [2.45, 2.75) is 30.3 Å². The van der Waals surface area contributed by atoms with Crippen LogP contribution in [0, 0.1) is 0 Å². The number of aliphatic hydroxyl groups is 1. The fraction of sp³-hybridized carbons (Fsp3) is 0.273. The maximum Gasteiger partial charge on any atom is 0.330 e. The van der Waals surface area contributed by atoms with Crippen LogP contribution in [0.4, 0.5) is 0 Å². The SMILES string of the molecule is O=c1ccn([C@@H]2O[C@H](CO)[C@H]3OC4(O[C@H]32)c2ccccc2Oc2ccccc24)c(=O)[nH]1. The topological polar surface area (TPSA) is 112 Å². The van der Waals surface area contributed by atoms with Crippen molar-refractivity contribution in [3.63, 3.8) is 0 Å². The third-order valence-electron chi connectivity index (χ3n) is 5.90. The molecule has 0 bridgehead atoms. The number of para-hydroxylation sites is 2. The zero-order valence-electron chi connectivity index (χ0n) is 16.1. The van der Waals surface area contributed by atoms with Crippen molar-refractivity contribution >= 4 is 0 Å². The van der Waals surface area contributed by atoms with Gasteiger partial charge in [0.15, 0.2) is 6.23 Å². The van der Waals surface area contributed by atoms with Gasteiger partial charge in [-0.25, -0.2) is 4.79 Å². The van der Waals surface area contributed by atoms with Gasteiger partial charge in [0.05, 0.1) is 17.7 Å². The Hall–Kier alpha value is -3.24. The third-order valence-corrected chi connectivity index (χ3v) is 5.90. The molecule has 0 saturated carbocycles. The van der Waals surface area contributed by atoms with E-state index in [1.807, 2.05) is 48.5 Å². The summed E-state index contributed by atoms with van der Waals surface area (Å²) in [5, 5.41) is 9.94. The zero-order valence-corrected chi connectivity index (χ0v) is 16.1. The summed E-state index contributed by atoms with van der Waals surface area (Å²) in [6, 6.07) is 16.1. The molecule has 1 spiro atoms. The largest absolute Gasteiger partial charge is 0.456 e. The maximum absolute atomic E-state index is 12.4. The van der Waals surface area contributed by atoms with E-state index in [-0.39, 0.29) is 6.61 Å². The van der Waals surface area contributed by atoms with Gasteiger partial charge in [-0.3, -0.25) is 14.3 Å². The standard InChI is InChI=1S/C22H18N2O7/c25-11-16-18-19(20(29-16)24-10-9-17(26)23-21(24)27)31-22(30-18)12-5-1-3-7-14(12)28-15-8-4-2-6-13(15)22/h1-10,16,18-20,25H,11H2,(H,23,26,27)/t16-,18-,19-,20-/m1/s1. The fourth-order valence-corrected chi connectivity index (χ4v) is 4.56. The van der Waals surface area contributed by atoms with Crippen LogP contribution in [0.3, 0.4) is 0 Å². The number of hydrogen-bond donors (Lipinski definition) is 2. The van der Waals surface area contributed by atoms with E-state index in [2.05, 4.69) is 4.98 Å². The summed E-state index contributed by atoms with van der Waals surface area (Å²) >= 11 is 0. The molecule has 9 heteroatoms. The monoisotopic (exact) mass is 422 g/mol. The van der Waals surface area contributed by atoms with Crippen molar-refractivity contribution in [3.05, 3.63) is 92.8 Å². The van der Waals surface area contributed by atoms with Gasteiger partial charge in [0.1, 0.15) is 29.8 Å². The van der Waals surface area contributed by atoms with Crippen LogP contribution in [0.2, 0.25) is 0 Å². The van der Waals surface area contributed by atoms with Crippen LogP contribution in [0.25, 0.3) is 0 Å². The fourth-order valence-electron chi connectivity index (χ4n) is 4.56. The number of aromatic amines is 1. The van der Waals surface area contributed by atoms with Crippen LogP contribution >= 0.6 is 0 Å². The Bertz CT molecular complexity index is 1240. The number of H-pyrrole nitrogens is 1. The summed E-state index contributed by atoms with van der Waals surface area (Å²) in [6.45, 7) is -0.324. The van der Waals surface area contributed by atoms with E-state index in [1.54, 1.807) is 0 Å². The van der Waals surface area contributed by atoms with E-state index >= 15 is 0 Å². The number of nitrogens with zero attached hydrogens (tertiary/aromatic N) is 1. The van der Waals surface area contributed by atoms with Crippen LogP contribution < -0.4 is 16.0 Å². The summed E-state index contributed by atoms with van der Waals surface area (Å²) in [6.07, 6.45) is -1.65. The van der Waals surface area contributed by atoms with Crippen molar-refractivity contribution in [2.75, 3.05) is 6.61 Å². The van der Waals surface area contributed by atoms with Gasteiger partial charge in [0, 0.05) is 12.3 Å². The molecule has 158 valence electrons. The van der Waals surface area contributed by atoms with Gasteiger partial charge in [-0.15, -0.1) is 0 Å². The molecule has 1 aromatic heterocycles. The van der Waals surface area contributed by atoms with Crippen LogP contribution in [-0.2, 0) is 20.0 Å². The van der Waals surface area contributed by atoms with Gasteiger partial charge in [-0.1, -0.05) is 24.3 Å². The second kappa shape index (κ2) is 6.63. The number of rotatable bonds is 2.